The van der Waals surface area contributed by atoms with Crippen LogP contribution in [0, 0.1) is 0 Å². The van der Waals surface area contributed by atoms with Crippen molar-refractivity contribution in [1.82, 2.24) is 25.0 Å². The van der Waals surface area contributed by atoms with Gasteiger partial charge in [-0.1, -0.05) is 0 Å². The second kappa shape index (κ2) is 11.7. The number of anilines is 1. The number of ether oxygens (including phenoxy) is 2. The number of pyridine rings is 1. The predicted octanol–water partition coefficient (Wildman–Crippen LogP) is 4.38. The third-order valence-electron chi connectivity index (χ3n) is 6.21. The zero-order valence-corrected chi connectivity index (χ0v) is 21.1. The Morgan fingerprint density at radius 3 is 2.52 bits per heavy atom. The SMILES string of the molecule is O=C(NCCN1CCOCC1)c1cc(Oc2ccc(NC(=O)n3ncc4cc(C(F)(F)F)ccc43)cc2)ccn1. The van der Waals surface area contributed by atoms with Crippen molar-refractivity contribution in [1.29, 1.82) is 0 Å². The molecule has 0 unspecified atom stereocenters. The van der Waals surface area contributed by atoms with Gasteiger partial charge in [-0.2, -0.15) is 23.0 Å². The first-order chi connectivity index (χ1) is 19.3. The largest absolute Gasteiger partial charge is 0.457 e. The fraction of sp³-hybridized carbons (Fsp3) is 0.259. The molecule has 0 spiro atoms. The Hall–Kier alpha value is -4.49. The number of carbonyl (C=O) groups is 2. The Labute approximate surface area is 226 Å². The summed E-state index contributed by atoms with van der Waals surface area (Å²) in [7, 11) is 0. The van der Waals surface area contributed by atoms with Gasteiger partial charge in [0.05, 0.1) is 30.5 Å². The van der Waals surface area contributed by atoms with Crippen molar-refractivity contribution in [3.8, 4) is 11.5 Å². The molecule has 0 bridgehead atoms. The minimum absolute atomic E-state index is 0.191. The highest BCUT2D eigenvalue weighted by Crippen LogP contribution is 2.31. The molecule has 1 aliphatic heterocycles. The monoisotopic (exact) mass is 554 g/mol. The van der Waals surface area contributed by atoms with E-state index in [0.29, 0.717) is 36.9 Å². The van der Waals surface area contributed by atoms with E-state index >= 15 is 0 Å². The first-order valence-electron chi connectivity index (χ1n) is 12.4. The number of fused-ring (bicyclic) bond motifs is 1. The molecule has 1 saturated heterocycles. The summed E-state index contributed by atoms with van der Waals surface area (Å²) in [5.74, 6) is 0.552. The third-order valence-corrected chi connectivity index (χ3v) is 6.21. The molecule has 40 heavy (non-hydrogen) atoms. The van der Waals surface area contributed by atoms with Gasteiger partial charge in [0.25, 0.3) is 5.91 Å². The standard InChI is InChI=1S/C27H25F3N6O4/c28-27(29,30)19-1-6-24-18(15-19)17-33-36(24)26(38)34-20-2-4-21(5-3-20)40-22-7-8-31-23(16-22)25(37)32-9-10-35-11-13-39-14-12-35/h1-8,15-17H,9-14H2,(H,32,37)(H,34,38). The van der Waals surface area contributed by atoms with E-state index in [1.165, 1.54) is 24.5 Å². The van der Waals surface area contributed by atoms with Crippen LogP contribution in [0.5, 0.6) is 11.5 Å². The zero-order chi connectivity index (χ0) is 28.1. The summed E-state index contributed by atoms with van der Waals surface area (Å²) in [6.07, 6.45) is -1.81. The lowest BCUT2D eigenvalue weighted by atomic mass is 10.1. The molecule has 4 aromatic rings. The summed E-state index contributed by atoms with van der Waals surface area (Å²) < 4.78 is 51.0. The molecule has 5 rings (SSSR count). The number of morpholine rings is 1. The summed E-state index contributed by atoms with van der Waals surface area (Å²) in [5, 5.41) is 9.62. The number of aromatic nitrogens is 3. The van der Waals surface area contributed by atoms with Gasteiger partial charge < -0.3 is 20.1 Å². The fourth-order valence-electron chi connectivity index (χ4n) is 4.13. The highest BCUT2D eigenvalue weighted by atomic mass is 19.4. The molecule has 2 N–H and O–H groups in total. The van der Waals surface area contributed by atoms with Crippen molar-refractivity contribution < 1.29 is 32.2 Å². The molecule has 0 saturated carbocycles. The van der Waals surface area contributed by atoms with Crippen LogP contribution in [0.3, 0.4) is 0 Å². The highest BCUT2D eigenvalue weighted by molar-refractivity contribution is 5.97. The number of carbonyl (C=O) groups excluding carboxylic acids is 2. The number of nitrogens with zero attached hydrogens (tertiary/aromatic N) is 4. The predicted molar refractivity (Wildman–Crippen MR) is 139 cm³/mol. The number of hydrogen-bond donors (Lipinski definition) is 2. The minimum Gasteiger partial charge on any atom is -0.457 e. The van der Waals surface area contributed by atoms with Gasteiger partial charge in [0.15, 0.2) is 0 Å². The Morgan fingerprint density at radius 1 is 1.00 bits per heavy atom. The van der Waals surface area contributed by atoms with Crippen molar-refractivity contribution in [2.75, 3.05) is 44.7 Å². The van der Waals surface area contributed by atoms with Gasteiger partial charge in [-0.05, 0) is 48.5 Å². The Morgan fingerprint density at radius 2 is 1.77 bits per heavy atom. The number of halogens is 3. The molecule has 1 fully saturated rings. The minimum atomic E-state index is -4.49. The number of nitrogens with one attached hydrogen (secondary N) is 2. The van der Waals surface area contributed by atoms with Crippen LogP contribution in [-0.2, 0) is 10.9 Å². The Bertz CT molecular complexity index is 1500. The molecule has 0 aliphatic carbocycles. The lowest BCUT2D eigenvalue weighted by molar-refractivity contribution is -0.137. The smallest absolute Gasteiger partial charge is 0.416 e. The van der Waals surface area contributed by atoms with Crippen LogP contribution in [0.15, 0.2) is 67.0 Å². The fourth-order valence-corrected chi connectivity index (χ4v) is 4.13. The van der Waals surface area contributed by atoms with Gasteiger partial charge in [-0.25, -0.2) is 4.79 Å². The molecule has 10 nitrogen and oxygen atoms in total. The summed E-state index contributed by atoms with van der Waals surface area (Å²) in [6.45, 7) is 4.28. The van der Waals surface area contributed by atoms with E-state index in [1.54, 1.807) is 30.3 Å². The Balaban J connectivity index is 1.17. The first kappa shape index (κ1) is 27.1. The molecule has 0 atom stereocenters. The number of rotatable bonds is 7. The molecule has 208 valence electrons. The molecule has 13 heteroatoms. The maximum Gasteiger partial charge on any atom is 0.416 e. The van der Waals surface area contributed by atoms with Crippen LogP contribution < -0.4 is 15.4 Å². The maximum atomic E-state index is 13.0. The van der Waals surface area contributed by atoms with Crippen LogP contribution in [-0.4, -0.2) is 71.0 Å². The lowest BCUT2D eigenvalue weighted by Crippen LogP contribution is -2.41. The van der Waals surface area contributed by atoms with Crippen molar-refractivity contribution in [2.45, 2.75) is 6.18 Å². The van der Waals surface area contributed by atoms with Crippen LogP contribution in [0.2, 0.25) is 0 Å². The van der Waals surface area contributed by atoms with Crippen molar-refractivity contribution >= 4 is 28.5 Å². The summed E-state index contributed by atoms with van der Waals surface area (Å²) in [6, 6.07) is 12.0. The second-order valence-electron chi connectivity index (χ2n) is 8.97. The van der Waals surface area contributed by atoms with E-state index in [9.17, 15) is 22.8 Å². The van der Waals surface area contributed by atoms with E-state index in [-0.39, 0.29) is 22.5 Å². The molecule has 1 aliphatic rings. The van der Waals surface area contributed by atoms with Crippen molar-refractivity contribution in [3.05, 3.63) is 78.2 Å². The number of alkyl halides is 3. The van der Waals surface area contributed by atoms with Gasteiger partial charge in [-0.3, -0.25) is 14.7 Å². The molecular weight excluding hydrogens is 529 g/mol. The second-order valence-corrected chi connectivity index (χ2v) is 8.97. The normalized spacial score (nSPS) is 14.2. The summed E-state index contributed by atoms with van der Waals surface area (Å²) in [4.78, 5) is 31.5. The van der Waals surface area contributed by atoms with Crippen LogP contribution in [0.1, 0.15) is 16.1 Å². The van der Waals surface area contributed by atoms with Gasteiger partial charge in [0.2, 0.25) is 0 Å². The average Bonchev–Trinajstić information content (AvgIpc) is 3.38. The van der Waals surface area contributed by atoms with E-state index < -0.39 is 17.8 Å². The number of benzene rings is 2. The molecule has 2 amide bonds. The van der Waals surface area contributed by atoms with Gasteiger partial charge in [-0.15, -0.1) is 0 Å². The number of amides is 2. The molecule has 2 aromatic heterocycles. The third kappa shape index (κ3) is 6.55. The van der Waals surface area contributed by atoms with E-state index in [2.05, 4.69) is 25.6 Å². The van der Waals surface area contributed by atoms with E-state index in [1.807, 2.05) is 0 Å². The van der Waals surface area contributed by atoms with Gasteiger partial charge in [0, 0.05) is 49.5 Å². The Kier molecular flexibility index (Phi) is 7.94. The zero-order valence-electron chi connectivity index (χ0n) is 21.1. The summed E-state index contributed by atoms with van der Waals surface area (Å²) in [5.41, 5.74) is 0.0606. The molecule has 0 radical (unpaired) electrons. The lowest BCUT2D eigenvalue weighted by Gasteiger charge is -2.26. The van der Waals surface area contributed by atoms with E-state index in [0.717, 1.165) is 36.4 Å². The van der Waals surface area contributed by atoms with E-state index in [4.69, 9.17) is 9.47 Å². The molecule has 2 aromatic carbocycles. The van der Waals surface area contributed by atoms with Gasteiger partial charge >= 0.3 is 12.2 Å². The van der Waals surface area contributed by atoms with Gasteiger partial charge in [0.1, 0.15) is 17.2 Å². The highest BCUT2D eigenvalue weighted by Gasteiger charge is 2.31. The molecular formula is C27H25F3N6O4. The van der Waals surface area contributed by atoms with Crippen LogP contribution in [0.4, 0.5) is 23.7 Å². The quantitative estimate of drug-likeness (QED) is 0.349. The van der Waals surface area contributed by atoms with Crippen LogP contribution >= 0.6 is 0 Å². The maximum absolute atomic E-state index is 13.0. The topological polar surface area (TPSA) is 111 Å². The van der Waals surface area contributed by atoms with Crippen molar-refractivity contribution in [2.24, 2.45) is 0 Å². The first-order valence-corrected chi connectivity index (χ1v) is 12.4. The van der Waals surface area contributed by atoms with Crippen molar-refractivity contribution in [3.63, 3.8) is 0 Å². The summed E-state index contributed by atoms with van der Waals surface area (Å²) >= 11 is 0. The average molecular weight is 555 g/mol. The van der Waals surface area contributed by atoms with Crippen LogP contribution in [0.25, 0.3) is 10.9 Å². The number of hydrogen-bond acceptors (Lipinski definition) is 7. The molecule has 3 heterocycles.